The van der Waals surface area contributed by atoms with E-state index >= 15 is 0 Å². The third kappa shape index (κ3) is 3.90. The van der Waals surface area contributed by atoms with Gasteiger partial charge in [0.05, 0.1) is 0 Å². The Kier molecular flexibility index (Phi) is 4.31. The van der Waals surface area contributed by atoms with Crippen molar-refractivity contribution in [1.82, 2.24) is 0 Å². The zero-order valence-corrected chi connectivity index (χ0v) is 9.65. The van der Waals surface area contributed by atoms with Crippen LogP contribution in [0.4, 0.5) is 4.79 Å². The van der Waals surface area contributed by atoms with Crippen molar-refractivity contribution in [2.24, 2.45) is 0 Å². The first-order valence-corrected chi connectivity index (χ1v) is 5.06. The Bertz CT molecular complexity index is 383. The first kappa shape index (κ1) is 12.5. The summed E-state index contributed by atoms with van der Waals surface area (Å²) in [6.07, 6.45) is -0.877. The maximum absolute atomic E-state index is 11.0. The summed E-state index contributed by atoms with van der Waals surface area (Å²) in [6.45, 7) is 2.96. The highest BCUT2D eigenvalue weighted by Crippen LogP contribution is 2.13. The lowest BCUT2D eigenvalue weighted by Crippen LogP contribution is -2.14. The molecule has 0 N–H and O–H groups in total. The van der Waals surface area contributed by atoms with Gasteiger partial charge in [-0.1, -0.05) is 11.6 Å². The summed E-state index contributed by atoms with van der Waals surface area (Å²) < 4.78 is 9.37. The molecule has 16 heavy (non-hydrogen) atoms. The predicted molar refractivity (Wildman–Crippen MR) is 58.9 cm³/mol. The molecule has 1 atom stereocenters. The van der Waals surface area contributed by atoms with Crippen molar-refractivity contribution in [2.75, 3.05) is 0 Å². The van der Waals surface area contributed by atoms with E-state index in [9.17, 15) is 9.59 Å². The van der Waals surface area contributed by atoms with Crippen molar-refractivity contribution in [3.63, 3.8) is 0 Å². The molecule has 1 aromatic carbocycles. The van der Waals surface area contributed by atoms with E-state index in [0.717, 1.165) is 0 Å². The number of ether oxygens (including phenoxy) is 2. The van der Waals surface area contributed by atoms with Crippen LogP contribution in [-0.4, -0.2) is 17.5 Å². The molecule has 0 bridgehead atoms. The normalized spacial score (nSPS) is 11.7. The molecule has 0 aliphatic heterocycles. The Morgan fingerprint density at radius 2 is 1.81 bits per heavy atom. The van der Waals surface area contributed by atoms with Crippen LogP contribution in [0.25, 0.3) is 0 Å². The lowest BCUT2D eigenvalue weighted by atomic mass is 10.1. The molecule has 1 unspecified atom stereocenters. The highest BCUT2D eigenvalue weighted by molar-refractivity contribution is 6.19. The number of halogens is 1. The lowest BCUT2D eigenvalue weighted by molar-refractivity contribution is 0.0923. The zero-order chi connectivity index (χ0) is 12.1. The van der Waals surface area contributed by atoms with Gasteiger partial charge in [-0.2, -0.15) is 0 Å². The molecule has 0 spiro atoms. The quantitative estimate of drug-likeness (QED) is 0.354. The van der Waals surface area contributed by atoms with E-state index in [-0.39, 0.29) is 5.78 Å². The summed E-state index contributed by atoms with van der Waals surface area (Å²) in [5.74, 6) is 0.246. The van der Waals surface area contributed by atoms with Crippen LogP contribution in [0, 0.1) is 0 Å². The van der Waals surface area contributed by atoms with Crippen LogP contribution in [0.3, 0.4) is 0 Å². The first-order valence-electron chi connectivity index (χ1n) is 4.62. The van der Waals surface area contributed by atoms with Gasteiger partial charge in [0, 0.05) is 5.56 Å². The van der Waals surface area contributed by atoms with Gasteiger partial charge in [0.1, 0.15) is 5.75 Å². The second kappa shape index (κ2) is 5.51. The molecule has 1 aromatic rings. The van der Waals surface area contributed by atoms with Crippen LogP contribution in [0.5, 0.6) is 5.75 Å². The van der Waals surface area contributed by atoms with Crippen LogP contribution < -0.4 is 4.74 Å². The van der Waals surface area contributed by atoms with Crippen molar-refractivity contribution < 1.29 is 19.1 Å². The van der Waals surface area contributed by atoms with Gasteiger partial charge in [0.2, 0.25) is 0 Å². The third-order valence-electron chi connectivity index (χ3n) is 1.72. The fourth-order valence-corrected chi connectivity index (χ4v) is 1.08. The van der Waals surface area contributed by atoms with Crippen LogP contribution in [0.1, 0.15) is 24.2 Å². The molecule has 4 nitrogen and oxygen atoms in total. The lowest BCUT2D eigenvalue weighted by Gasteiger charge is -2.06. The highest BCUT2D eigenvalue weighted by Gasteiger charge is 2.09. The van der Waals surface area contributed by atoms with Crippen molar-refractivity contribution in [1.29, 1.82) is 0 Å². The Morgan fingerprint density at radius 1 is 1.25 bits per heavy atom. The fraction of sp³-hybridized carbons (Fsp3) is 0.273. The number of hydrogen-bond donors (Lipinski definition) is 0. The Labute approximate surface area is 98.1 Å². The van der Waals surface area contributed by atoms with Crippen LogP contribution in [0.2, 0.25) is 0 Å². The molecule has 0 saturated carbocycles. The van der Waals surface area contributed by atoms with E-state index in [2.05, 4.69) is 4.74 Å². The molecule has 0 amide bonds. The van der Waals surface area contributed by atoms with Gasteiger partial charge >= 0.3 is 6.16 Å². The first-order chi connectivity index (χ1) is 7.49. The van der Waals surface area contributed by atoms with Crippen molar-refractivity contribution in [2.45, 2.75) is 19.4 Å². The van der Waals surface area contributed by atoms with Crippen LogP contribution >= 0.6 is 11.6 Å². The summed E-state index contributed by atoms with van der Waals surface area (Å²) in [4.78, 5) is 22.0. The number of alkyl halides is 1. The number of hydrogen-bond acceptors (Lipinski definition) is 4. The molecular formula is C11H11ClO4. The molecule has 0 aliphatic carbocycles. The SMILES string of the molecule is CC(=O)c1ccc(OC(=O)OC(C)Cl)cc1. The van der Waals surface area contributed by atoms with Crippen molar-refractivity contribution in [3.05, 3.63) is 29.8 Å². The number of Topliss-reactive ketones (excluding diaryl/α,β-unsaturated/α-hetero) is 1. The van der Waals surface area contributed by atoms with E-state index in [1.807, 2.05) is 0 Å². The minimum Gasteiger partial charge on any atom is -0.415 e. The standard InChI is InChI=1S/C11H11ClO4/c1-7(13)9-3-5-10(6-4-9)16-11(14)15-8(2)12/h3-6,8H,1-2H3. The van der Waals surface area contributed by atoms with Crippen molar-refractivity contribution in [3.8, 4) is 5.75 Å². The zero-order valence-electron chi connectivity index (χ0n) is 8.90. The summed E-state index contributed by atoms with van der Waals surface area (Å²) in [7, 11) is 0. The molecule has 0 aromatic heterocycles. The van der Waals surface area contributed by atoms with Crippen LogP contribution in [0.15, 0.2) is 24.3 Å². The average molecular weight is 243 g/mol. The third-order valence-corrected chi connectivity index (χ3v) is 1.81. The van der Waals surface area contributed by atoms with E-state index in [1.165, 1.54) is 26.0 Å². The van der Waals surface area contributed by atoms with Gasteiger partial charge in [-0.05, 0) is 38.1 Å². The van der Waals surface area contributed by atoms with Gasteiger partial charge < -0.3 is 9.47 Å². The molecule has 0 heterocycles. The molecule has 0 aliphatic rings. The van der Waals surface area contributed by atoms with E-state index in [4.69, 9.17) is 16.3 Å². The summed E-state index contributed by atoms with van der Waals surface area (Å²) >= 11 is 5.44. The minimum absolute atomic E-state index is 0.0523. The molecular weight excluding hydrogens is 232 g/mol. The highest BCUT2D eigenvalue weighted by atomic mass is 35.5. The van der Waals surface area contributed by atoms with E-state index in [0.29, 0.717) is 11.3 Å². The fourth-order valence-electron chi connectivity index (χ4n) is 1.01. The average Bonchev–Trinajstić information content (AvgIpc) is 2.16. The Balaban J connectivity index is 2.62. The maximum Gasteiger partial charge on any atom is 0.515 e. The molecule has 1 rings (SSSR count). The van der Waals surface area contributed by atoms with Gasteiger partial charge in [-0.25, -0.2) is 4.79 Å². The summed E-state index contributed by atoms with van der Waals surface area (Å²) in [6, 6.07) is 6.15. The molecule has 0 fully saturated rings. The van der Waals surface area contributed by atoms with E-state index < -0.39 is 11.7 Å². The number of rotatable bonds is 3. The second-order valence-electron chi connectivity index (χ2n) is 3.09. The largest absolute Gasteiger partial charge is 0.515 e. The minimum atomic E-state index is -0.877. The molecule has 0 saturated heterocycles. The Hall–Kier alpha value is -1.55. The molecule has 5 heteroatoms. The van der Waals surface area contributed by atoms with E-state index in [1.54, 1.807) is 12.1 Å². The predicted octanol–water partition coefficient (Wildman–Crippen LogP) is 2.99. The molecule has 86 valence electrons. The topological polar surface area (TPSA) is 52.6 Å². The van der Waals surface area contributed by atoms with Crippen molar-refractivity contribution >= 4 is 23.5 Å². The van der Waals surface area contributed by atoms with Gasteiger partial charge in [-0.15, -0.1) is 0 Å². The second-order valence-corrected chi connectivity index (χ2v) is 3.71. The summed E-state index contributed by atoms with van der Waals surface area (Å²) in [5, 5.41) is 0. The van der Waals surface area contributed by atoms with Gasteiger partial charge in [0.25, 0.3) is 0 Å². The van der Waals surface area contributed by atoms with Crippen LogP contribution in [-0.2, 0) is 4.74 Å². The Morgan fingerprint density at radius 3 is 2.25 bits per heavy atom. The maximum atomic E-state index is 11.0. The number of carbonyl (C=O) groups excluding carboxylic acids is 2. The molecule has 0 radical (unpaired) electrons. The number of carbonyl (C=O) groups is 2. The summed E-state index contributed by atoms with van der Waals surface area (Å²) in [5.41, 5.74) is -0.199. The van der Waals surface area contributed by atoms with Gasteiger partial charge in [0.15, 0.2) is 11.3 Å². The number of ketones is 1. The number of benzene rings is 1. The monoisotopic (exact) mass is 242 g/mol. The van der Waals surface area contributed by atoms with Gasteiger partial charge in [-0.3, -0.25) is 4.79 Å². The smallest absolute Gasteiger partial charge is 0.415 e.